The van der Waals surface area contributed by atoms with Crippen LogP contribution < -0.4 is 5.32 Å². The van der Waals surface area contributed by atoms with Crippen LogP contribution in [-0.4, -0.2) is 68.9 Å². The quantitative estimate of drug-likeness (QED) is 0.325. The van der Waals surface area contributed by atoms with Gasteiger partial charge in [-0.1, -0.05) is 36.4 Å². The fourth-order valence-electron chi connectivity index (χ4n) is 4.58. The lowest BCUT2D eigenvalue weighted by atomic mass is 10.1. The number of anilines is 1. The number of carbonyl (C=O) groups is 4. The molecule has 1 aliphatic heterocycles. The van der Waals surface area contributed by atoms with Crippen LogP contribution in [0.3, 0.4) is 0 Å². The summed E-state index contributed by atoms with van der Waals surface area (Å²) in [5.41, 5.74) is 2.09. The first-order chi connectivity index (χ1) is 17.9. The van der Waals surface area contributed by atoms with Crippen molar-refractivity contribution in [2.24, 2.45) is 0 Å². The molecule has 2 aromatic carbocycles. The highest BCUT2D eigenvalue weighted by Crippen LogP contribution is 2.27. The zero-order valence-corrected chi connectivity index (χ0v) is 20.2. The number of aromatic amines is 1. The number of hydrogen-bond acceptors (Lipinski definition) is 5. The second-order valence-corrected chi connectivity index (χ2v) is 8.89. The minimum Gasteiger partial charge on any atom is -0.359 e. The maximum Gasteiger partial charge on any atom is 0.295 e. The Hall–Kier alpha value is -4.79. The number of amides is 3. The van der Waals surface area contributed by atoms with Crippen LogP contribution in [0, 0.1) is 0 Å². The number of benzene rings is 2. The van der Waals surface area contributed by atoms with Gasteiger partial charge in [0.1, 0.15) is 5.69 Å². The average Bonchev–Trinajstić information content (AvgIpc) is 3.38. The zero-order valence-electron chi connectivity index (χ0n) is 20.2. The Morgan fingerprint density at radius 1 is 0.946 bits per heavy atom. The Labute approximate surface area is 213 Å². The number of aromatic nitrogens is 2. The van der Waals surface area contributed by atoms with Crippen molar-refractivity contribution in [3.05, 3.63) is 95.9 Å². The molecule has 0 aliphatic carbocycles. The van der Waals surface area contributed by atoms with E-state index in [9.17, 15) is 19.2 Å². The van der Waals surface area contributed by atoms with Crippen LogP contribution in [0.5, 0.6) is 0 Å². The van der Waals surface area contributed by atoms with Gasteiger partial charge in [-0.05, 0) is 37.3 Å². The second kappa shape index (κ2) is 10.1. The van der Waals surface area contributed by atoms with Gasteiger partial charge in [-0.25, -0.2) is 0 Å². The molecule has 3 amide bonds. The molecule has 4 aromatic rings. The van der Waals surface area contributed by atoms with Gasteiger partial charge in [-0.15, -0.1) is 0 Å². The number of pyridine rings is 1. The molecule has 9 heteroatoms. The van der Waals surface area contributed by atoms with E-state index in [-0.39, 0.29) is 35.7 Å². The van der Waals surface area contributed by atoms with Crippen LogP contribution in [0.15, 0.2) is 79.1 Å². The summed E-state index contributed by atoms with van der Waals surface area (Å²) in [5.74, 6) is -1.75. The number of H-pyrrole nitrogens is 1. The van der Waals surface area contributed by atoms with E-state index in [1.165, 1.54) is 17.3 Å². The van der Waals surface area contributed by atoms with Crippen LogP contribution in [0.4, 0.5) is 5.69 Å². The molecule has 186 valence electrons. The molecule has 2 N–H and O–H groups in total. The number of piperazine rings is 1. The third-order valence-corrected chi connectivity index (χ3v) is 6.50. The molecule has 0 bridgehead atoms. The smallest absolute Gasteiger partial charge is 0.295 e. The molecule has 1 unspecified atom stereocenters. The van der Waals surface area contributed by atoms with Crippen LogP contribution >= 0.6 is 0 Å². The summed E-state index contributed by atoms with van der Waals surface area (Å²) >= 11 is 0. The van der Waals surface area contributed by atoms with E-state index in [0.29, 0.717) is 35.2 Å². The molecule has 2 aromatic heterocycles. The summed E-state index contributed by atoms with van der Waals surface area (Å²) in [6, 6.07) is 18.9. The standard InChI is InChI=1S/C28H25N5O4/c1-18-17-32(27(36)19-8-3-2-4-9-19)14-15-33(18)28(37)25(34)21-16-30-24-20(21)10-7-12-22(24)31-26(35)23-11-5-6-13-29-23/h2-13,16,18,30H,14-15,17H2,1H3,(H,31,35). The minimum absolute atomic E-state index is 0.0946. The molecule has 1 saturated heterocycles. The largest absolute Gasteiger partial charge is 0.359 e. The van der Waals surface area contributed by atoms with Gasteiger partial charge in [0.15, 0.2) is 0 Å². The highest BCUT2D eigenvalue weighted by Gasteiger charge is 2.34. The SMILES string of the molecule is CC1CN(C(=O)c2ccccc2)CCN1C(=O)C(=O)c1c[nH]c2c(NC(=O)c3ccccn3)cccc12. The van der Waals surface area contributed by atoms with Crippen molar-refractivity contribution in [1.29, 1.82) is 0 Å². The molecular formula is C28H25N5O4. The van der Waals surface area contributed by atoms with E-state index >= 15 is 0 Å². The summed E-state index contributed by atoms with van der Waals surface area (Å²) in [4.78, 5) is 62.2. The van der Waals surface area contributed by atoms with Crippen LogP contribution in [0.25, 0.3) is 10.9 Å². The fraction of sp³-hybridized carbons (Fsp3) is 0.179. The van der Waals surface area contributed by atoms with Gasteiger partial charge < -0.3 is 20.1 Å². The van der Waals surface area contributed by atoms with E-state index < -0.39 is 11.7 Å². The number of Topliss-reactive ketones (excluding diaryl/α,β-unsaturated/α-hetero) is 1. The third kappa shape index (κ3) is 4.71. The highest BCUT2D eigenvalue weighted by atomic mass is 16.2. The van der Waals surface area contributed by atoms with Crippen molar-refractivity contribution >= 4 is 40.1 Å². The summed E-state index contributed by atoms with van der Waals surface area (Å²) in [7, 11) is 0. The number of nitrogens with one attached hydrogen (secondary N) is 2. The monoisotopic (exact) mass is 495 g/mol. The number of hydrogen-bond donors (Lipinski definition) is 2. The second-order valence-electron chi connectivity index (χ2n) is 8.89. The first kappa shape index (κ1) is 23.9. The topological polar surface area (TPSA) is 115 Å². The molecule has 0 radical (unpaired) electrons. The summed E-state index contributed by atoms with van der Waals surface area (Å²) in [5, 5.41) is 3.34. The van der Waals surface area contributed by atoms with Gasteiger partial charge in [-0.3, -0.25) is 24.2 Å². The number of para-hydroxylation sites is 1. The van der Waals surface area contributed by atoms with Crippen molar-refractivity contribution in [3.8, 4) is 0 Å². The Morgan fingerprint density at radius 2 is 1.73 bits per heavy atom. The summed E-state index contributed by atoms with van der Waals surface area (Å²) in [6.07, 6.45) is 3.02. The molecule has 9 nitrogen and oxygen atoms in total. The van der Waals surface area contributed by atoms with Gasteiger partial charge in [0, 0.05) is 49.0 Å². The van der Waals surface area contributed by atoms with Gasteiger partial charge >= 0.3 is 0 Å². The lowest BCUT2D eigenvalue weighted by Gasteiger charge is -2.39. The van der Waals surface area contributed by atoms with Crippen molar-refractivity contribution in [1.82, 2.24) is 19.8 Å². The molecule has 0 spiro atoms. The van der Waals surface area contributed by atoms with E-state index in [2.05, 4.69) is 15.3 Å². The first-order valence-corrected chi connectivity index (χ1v) is 12.0. The molecule has 5 rings (SSSR count). The number of nitrogens with zero attached hydrogens (tertiary/aromatic N) is 3. The van der Waals surface area contributed by atoms with E-state index in [1.807, 2.05) is 25.1 Å². The molecule has 1 fully saturated rings. The van der Waals surface area contributed by atoms with Crippen LogP contribution in [0.1, 0.15) is 38.1 Å². The summed E-state index contributed by atoms with van der Waals surface area (Å²) in [6.45, 7) is 2.77. The Bertz CT molecular complexity index is 1480. The predicted molar refractivity (Wildman–Crippen MR) is 138 cm³/mol. The van der Waals surface area contributed by atoms with Gasteiger partial charge in [0.05, 0.1) is 16.8 Å². The zero-order chi connectivity index (χ0) is 25.9. The van der Waals surface area contributed by atoms with Gasteiger partial charge in [0.25, 0.3) is 23.5 Å². The third-order valence-electron chi connectivity index (χ3n) is 6.50. The fourth-order valence-corrected chi connectivity index (χ4v) is 4.58. The maximum atomic E-state index is 13.3. The lowest BCUT2D eigenvalue weighted by Crippen LogP contribution is -2.56. The maximum absolute atomic E-state index is 13.3. The summed E-state index contributed by atoms with van der Waals surface area (Å²) < 4.78 is 0. The van der Waals surface area contributed by atoms with Crippen molar-refractivity contribution in [2.75, 3.05) is 25.0 Å². The predicted octanol–water partition coefficient (Wildman–Crippen LogP) is 3.37. The first-order valence-electron chi connectivity index (χ1n) is 12.0. The van der Waals surface area contributed by atoms with E-state index in [4.69, 9.17) is 0 Å². The molecular weight excluding hydrogens is 470 g/mol. The van der Waals surface area contributed by atoms with Crippen LogP contribution in [-0.2, 0) is 4.79 Å². The number of fused-ring (bicyclic) bond motifs is 1. The van der Waals surface area contributed by atoms with Crippen molar-refractivity contribution in [3.63, 3.8) is 0 Å². The molecule has 0 saturated carbocycles. The normalized spacial score (nSPS) is 15.4. The molecule has 1 atom stereocenters. The van der Waals surface area contributed by atoms with Gasteiger partial charge in [-0.2, -0.15) is 0 Å². The number of rotatable bonds is 5. The Balaban J connectivity index is 1.31. The number of carbonyl (C=O) groups excluding carboxylic acids is 4. The minimum atomic E-state index is -0.644. The lowest BCUT2D eigenvalue weighted by molar-refractivity contribution is -0.130. The number of ketones is 1. The molecule has 37 heavy (non-hydrogen) atoms. The van der Waals surface area contributed by atoms with Gasteiger partial charge in [0.2, 0.25) is 0 Å². The van der Waals surface area contributed by atoms with E-state index in [1.54, 1.807) is 53.4 Å². The molecule has 3 heterocycles. The average molecular weight is 496 g/mol. The van der Waals surface area contributed by atoms with Crippen LogP contribution in [0.2, 0.25) is 0 Å². The highest BCUT2D eigenvalue weighted by molar-refractivity contribution is 6.45. The Morgan fingerprint density at radius 3 is 2.46 bits per heavy atom. The van der Waals surface area contributed by atoms with Crippen molar-refractivity contribution < 1.29 is 19.2 Å². The van der Waals surface area contributed by atoms with E-state index in [0.717, 1.165) is 0 Å². The Kier molecular flexibility index (Phi) is 6.51. The van der Waals surface area contributed by atoms with Crippen molar-refractivity contribution in [2.45, 2.75) is 13.0 Å². The molecule has 1 aliphatic rings.